The van der Waals surface area contributed by atoms with Crippen molar-refractivity contribution in [3.05, 3.63) is 46.3 Å². The van der Waals surface area contributed by atoms with Gasteiger partial charge < -0.3 is 34.4 Å². The predicted molar refractivity (Wildman–Crippen MR) is 159 cm³/mol. The van der Waals surface area contributed by atoms with Crippen molar-refractivity contribution in [3.8, 4) is 23.0 Å². The van der Waals surface area contributed by atoms with Crippen LogP contribution in [0.2, 0.25) is 0 Å². The average molecular weight is 620 g/mol. The summed E-state index contributed by atoms with van der Waals surface area (Å²) in [6, 6.07) is 8.47. The number of hydrogen-bond acceptors (Lipinski definition) is 9. The van der Waals surface area contributed by atoms with Gasteiger partial charge in [0.05, 0.1) is 38.0 Å². The fourth-order valence-corrected chi connectivity index (χ4v) is 5.35. The van der Waals surface area contributed by atoms with Gasteiger partial charge in [0.25, 0.3) is 0 Å². The Balaban J connectivity index is 0.00000308. The molecule has 0 bridgehead atoms. The van der Waals surface area contributed by atoms with Crippen molar-refractivity contribution in [3.63, 3.8) is 0 Å². The average Bonchev–Trinajstić information content (AvgIpc) is 3.53. The topological polar surface area (TPSA) is 160 Å². The number of carboxylic acid groups (broad SMARTS) is 2. The molecule has 0 radical (unpaired) electrons. The van der Waals surface area contributed by atoms with Gasteiger partial charge in [0, 0.05) is 43.1 Å². The molecule has 3 aromatic rings. The molecule has 1 aliphatic heterocycles. The molecule has 3 N–H and O–H groups in total. The van der Waals surface area contributed by atoms with Gasteiger partial charge in [0.1, 0.15) is 0 Å². The second kappa shape index (κ2) is 16.5. The Bertz CT molecular complexity index is 1460. The fraction of sp³-hybridized carbons (Fsp3) is 0.357. The van der Waals surface area contributed by atoms with Crippen LogP contribution in [0.25, 0.3) is 10.1 Å². The van der Waals surface area contributed by atoms with E-state index in [9.17, 15) is 24.3 Å². The SMILES string of the molecule is COc1cc2c(cc1OCCCOc1cc3cc(C(=O)CCC(=O)O)sc3cc1O)CN(C(=O)CCC(=O)O)C2.[NaH].[NaH]. The molecule has 0 saturated heterocycles. The number of rotatable bonds is 14. The van der Waals surface area contributed by atoms with Gasteiger partial charge in [-0.15, -0.1) is 11.3 Å². The summed E-state index contributed by atoms with van der Waals surface area (Å²) in [7, 11) is 1.52. The van der Waals surface area contributed by atoms with E-state index in [0.717, 1.165) is 11.1 Å². The number of methoxy groups -OCH3 is 1. The summed E-state index contributed by atoms with van der Waals surface area (Å²) in [5, 5.41) is 28.7. The minimum absolute atomic E-state index is 0. The second-order valence-corrected chi connectivity index (χ2v) is 10.3. The van der Waals surface area contributed by atoms with Gasteiger partial charge in [-0.2, -0.15) is 0 Å². The van der Waals surface area contributed by atoms with Gasteiger partial charge in [-0.05, 0) is 40.8 Å². The van der Waals surface area contributed by atoms with Crippen molar-refractivity contribution in [2.75, 3.05) is 20.3 Å². The number of amides is 1. The van der Waals surface area contributed by atoms with Crippen molar-refractivity contribution < 1.29 is 48.7 Å². The number of ketones is 1. The van der Waals surface area contributed by atoms with Gasteiger partial charge in [-0.25, -0.2) is 0 Å². The maximum atomic E-state index is 12.3. The third-order valence-corrected chi connectivity index (χ3v) is 7.50. The summed E-state index contributed by atoms with van der Waals surface area (Å²) >= 11 is 1.19. The van der Waals surface area contributed by atoms with Crippen LogP contribution >= 0.6 is 11.3 Å². The number of phenols is 1. The number of benzene rings is 2. The molecule has 216 valence electrons. The standard InChI is InChI=1S/C28H29NO10S.2Na.2H/c1-37-22-10-17-14-29(26(32)4-6-28(35)36)15-18(17)11-23(22)39-8-2-7-38-21-9-16-12-25(19(30)3-5-27(33)34)40-24(16)13-20(21)31;;;;/h9-13,31H,2-8,14-15H2,1H3,(H,33,34)(H,35,36);;;;. The van der Waals surface area contributed by atoms with E-state index in [1.54, 1.807) is 17.0 Å². The number of Topliss-reactive ketones (excluding diaryl/α,β-unsaturated/α-hetero) is 1. The quantitative estimate of drug-likeness (QED) is 0.139. The molecule has 1 aliphatic rings. The number of fused-ring (bicyclic) bond motifs is 2. The van der Waals surface area contributed by atoms with E-state index in [0.29, 0.717) is 52.6 Å². The van der Waals surface area contributed by atoms with Gasteiger partial charge in [0.2, 0.25) is 5.91 Å². The summed E-state index contributed by atoms with van der Waals surface area (Å²) < 4.78 is 17.8. The molecule has 42 heavy (non-hydrogen) atoms. The molecule has 2 aromatic carbocycles. The van der Waals surface area contributed by atoms with Gasteiger partial charge in [-0.1, -0.05) is 0 Å². The molecular weight excluding hydrogens is 588 g/mol. The second-order valence-electron chi connectivity index (χ2n) is 9.25. The Morgan fingerprint density at radius 2 is 1.40 bits per heavy atom. The molecule has 11 nitrogen and oxygen atoms in total. The van der Waals surface area contributed by atoms with Crippen LogP contribution in [-0.4, -0.2) is 123 Å². The van der Waals surface area contributed by atoms with Crippen LogP contribution in [0, 0.1) is 0 Å². The van der Waals surface area contributed by atoms with E-state index in [4.69, 9.17) is 24.4 Å². The third kappa shape index (κ3) is 9.34. The maximum absolute atomic E-state index is 12.3. The molecule has 0 spiro atoms. The van der Waals surface area contributed by atoms with Gasteiger partial charge in [0.15, 0.2) is 28.8 Å². The summed E-state index contributed by atoms with van der Waals surface area (Å²) in [6.07, 6.45) is -0.0982. The predicted octanol–water partition coefficient (Wildman–Crippen LogP) is 2.92. The Labute approximate surface area is 290 Å². The van der Waals surface area contributed by atoms with Gasteiger partial charge in [-0.3, -0.25) is 19.2 Å². The van der Waals surface area contributed by atoms with Crippen molar-refractivity contribution in [2.45, 2.75) is 45.2 Å². The Morgan fingerprint density at radius 3 is 2.02 bits per heavy atom. The van der Waals surface area contributed by atoms with Crippen molar-refractivity contribution in [1.29, 1.82) is 0 Å². The Kier molecular flexibility index (Phi) is 14.1. The van der Waals surface area contributed by atoms with Crippen molar-refractivity contribution >= 4 is 104 Å². The van der Waals surface area contributed by atoms with E-state index in [-0.39, 0.29) is 115 Å². The van der Waals surface area contributed by atoms with E-state index >= 15 is 0 Å². The first-order valence-electron chi connectivity index (χ1n) is 12.6. The van der Waals surface area contributed by atoms with Crippen LogP contribution < -0.4 is 14.2 Å². The van der Waals surface area contributed by atoms with E-state index in [1.807, 2.05) is 12.1 Å². The molecule has 0 unspecified atom stereocenters. The number of aromatic hydroxyl groups is 1. The minimum atomic E-state index is -1.03. The van der Waals surface area contributed by atoms with Crippen molar-refractivity contribution in [2.24, 2.45) is 0 Å². The number of carbonyl (C=O) groups is 4. The molecule has 1 amide bonds. The molecule has 0 aliphatic carbocycles. The number of hydrogen-bond donors (Lipinski definition) is 3. The van der Waals surface area contributed by atoms with Crippen LogP contribution in [0.5, 0.6) is 23.0 Å². The Hall–Kier alpha value is -2.32. The molecule has 14 heteroatoms. The number of carbonyl (C=O) groups excluding carboxylic acids is 2. The third-order valence-electron chi connectivity index (χ3n) is 6.36. The fourth-order valence-electron chi connectivity index (χ4n) is 4.30. The van der Waals surface area contributed by atoms with E-state index < -0.39 is 11.9 Å². The van der Waals surface area contributed by atoms with Gasteiger partial charge >= 0.3 is 71.1 Å². The Morgan fingerprint density at radius 1 is 0.810 bits per heavy atom. The first-order valence-corrected chi connectivity index (χ1v) is 13.4. The number of phenolic OH excluding ortho intramolecular Hbond substituents is 1. The zero-order valence-electron chi connectivity index (χ0n) is 21.8. The first kappa shape index (κ1) is 35.9. The number of thiophene rings is 1. The summed E-state index contributed by atoms with van der Waals surface area (Å²) in [5.74, 6) is -1.29. The number of aliphatic carboxylic acids is 2. The van der Waals surface area contributed by atoms with Crippen LogP contribution in [0.15, 0.2) is 30.3 Å². The molecule has 0 atom stereocenters. The molecular formula is C28H31NNa2O10S. The number of ether oxygens (including phenoxy) is 3. The zero-order chi connectivity index (χ0) is 28.8. The normalized spacial score (nSPS) is 11.7. The van der Waals surface area contributed by atoms with Crippen molar-refractivity contribution in [1.82, 2.24) is 4.90 Å². The van der Waals surface area contributed by atoms with E-state index in [1.165, 1.54) is 24.5 Å². The summed E-state index contributed by atoms with van der Waals surface area (Å²) in [4.78, 5) is 48.1. The summed E-state index contributed by atoms with van der Waals surface area (Å²) in [5.41, 5.74) is 1.83. The molecule has 0 fully saturated rings. The monoisotopic (exact) mass is 619 g/mol. The van der Waals surface area contributed by atoms with Crippen LogP contribution in [0.1, 0.15) is 52.9 Å². The number of carboxylic acids is 2. The summed E-state index contributed by atoms with van der Waals surface area (Å²) in [6.45, 7) is 1.29. The van der Waals surface area contributed by atoms with Crippen LogP contribution in [0.3, 0.4) is 0 Å². The molecule has 0 saturated carbocycles. The zero-order valence-corrected chi connectivity index (χ0v) is 22.6. The van der Waals surface area contributed by atoms with Crippen LogP contribution in [0.4, 0.5) is 0 Å². The van der Waals surface area contributed by atoms with Crippen LogP contribution in [-0.2, 0) is 27.5 Å². The molecule has 4 rings (SSSR count). The van der Waals surface area contributed by atoms with E-state index in [2.05, 4.69) is 0 Å². The number of nitrogens with zero attached hydrogens (tertiary/aromatic N) is 1. The molecule has 1 aromatic heterocycles. The first-order chi connectivity index (χ1) is 19.1. The molecule has 2 heterocycles.